The van der Waals surface area contributed by atoms with Gasteiger partial charge in [0, 0.05) is 11.6 Å². The Hall–Kier alpha value is -1.35. The summed E-state index contributed by atoms with van der Waals surface area (Å²) >= 11 is 3.59. The van der Waals surface area contributed by atoms with Gasteiger partial charge in [-0.3, -0.25) is 0 Å². The van der Waals surface area contributed by atoms with Gasteiger partial charge in [0.2, 0.25) is 0 Å². The number of aryl methyl sites for hydroxylation is 2. The van der Waals surface area contributed by atoms with E-state index in [1.165, 1.54) is 18.7 Å². The van der Waals surface area contributed by atoms with E-state index < -0.39 is 0 Å². The summed E-state index contributed by atoms with van der Waals surface area (Å²) in [6, 6.07) is 11.1. The average Bonchev–Trinajstić information content (AvgIpc) is 2.37. The molecule has 1 atom stereocenters. The van der Waals surface area contributed by atoms with Crippen molar-refractivity contribution in [1.29, 1.82) is 0 Å². The molecule has 0 aliphatic rings. The number of alkyl halides is 1. The fourth-order valence-electron chi connectivity index (χ4n) is 2.12. The van der Waals surface area contributed by atoms with E-state index in [9.17, 15) is 4.39 Å². The van der Waals surface area contributed by atoms with Gasteiger partial charge in [-0.25, -0.2) is 4.39 Å². The van der Waals surface area contributed by atoms with Gasteiger partial charge in [0.25, 0.3) is 0 Å². The Balaban J connectivity index is 2.41. The van der Waals surface area contributed by atoms with Crippen LogP contribution in [0.15, 0.2) is 36.4 Å². The summed E-state index contributed by atoms with van der Waals surface area (Å²) in [5.41, 5.74) is 4.05. The molecule has 1 nitrogen and oxygen atoms in total. The van der Waals surface area contributed by atoms with Gasteiger partial charge in [0.15, 0.2) is 0 Å². The van der Waals surface area contributed by atoms with Crippen molar-refractivity contribution >= 4 is 15.9 Å². The third-order valence-electron chi connectivity index (χ3n) is 3.18. The van der Waals surface area contributed by atoms with Crippen molar-refractivity contribution in [3.8, 4) is 5.75 Å². The Kier molecular flexibility index (Phi) is 4.25. The van der Waals surface area contributed by atoms with Crippen LogP contribution in [0.5, 0.6) is 5.75 Å². The van der Waals surface area contributed by atoms with Crippen LogP contribution in [0.4, 0.5) is 4.39 Å². The topological polar surface area (TPSA) is 9.23 Å². The second-order valence-corrected chi connectivity index (χ2v) is 5.53. The SMILES string of the molecule is COc1ccc(C(Br)c2ccc(C)cc2C)c(F)c1. The van der Waals surface area contributed by atoms with Crippen LogP contribution in [0.2, 0.25) is 0 Å². The highest BCUT2D eigenvalue weighted by molar-refractivity contribution is 9.09. The molecule has 100 valence electrons. The maximum atomic E-state index is 14.1. The largest absolute Gasteiger partial charge is 0.497 e. The first-order valence-electron chi connectivity index (χ1n) is 6.07. The molecule has 0 spiro atoms. The quantitative estimate of drug-likeness (QED) is 0.727. The molecule has 19 heavy (non-hydrogen) atoms. The highest BCUT2D eigenvalue weighted by atomic mass is 79.9. The van der Waals surface area contributed by atoms with E-state index in [0.717, 1.165) is 11.1 Å². The standard InChI is InChI=1S/C16H16BrFO/c1-10-4-6-13(11(2)8-10)16(17)14-7-5-12(19-3)9-15(14)18/h4-9,16H,1-3H3. The van der Waals surface area contributed by atoms with E-state index in [-0.39, 0.29) is 10.6 Å². The van der Waals surface area contributed by atoms with Crippen LogP contribution in [0.25, 0.3) is 0 Å². The first-order chi connectivity index (χ1) is 9.02. The summed E-state index contributed by atoms with van der Waals surface area (Å²) in [5.74, 6) is 0.266. The zero-order valence-corrected chi connectivity index (χ0v) is 12.8. The Labute approximate surface area is 121 Å². The lowest BCUT2D eigenvalue weighted by atomic mass is 9.98. The number of hydrogen-bond donors (Lipinski definition) is 0. The third-order valence-corrected chi connectivity index (χ3v) is 4.17. The van der Waals surface area contributed by atoms with E-state index in [1.54, 1.807) is 12.1 Å². The van der Waals surface area contributed by atoms with Crippen molar-refractivity contribution in [1.82, 2.24) is 0 Å². The molecule has 2 aromatic carbocycles. The molecular weight excluding hydrogens is 307 g/mol. The number of benzene rings is 2. The van der Waals surface area contributed by atoms with Crippen LogP contribution in [0.1, 0.15) is 27.1 Å². The molecule has 2 rings (SSSR count). The van der Waals surface area contributed by atoms with Crippen LogP contribution in [0, 0.1) is 19.7 Å². The van der Waals surface area contributed by atoms with E-state index in [4.69, 9.17) is 4.74 Å². The molecule has 0 aromatic heterocycles. The minimum atomic E-state index is -0.263. The first-order valence-corrected chi connectivity index (χ1v) is 6.99. The van der Waals surface area contributed by atoms with E-state index in [0.29, 0.717) is 11.3 Å². The zero-order valence-electron chi connectivity index (χ0n) is 11.2. The van der Waals surface area contributed by atoms with Crippen LogP contribution < -0.4 is 4.74 Å². The normalized spacial score (nSPS) is 12.3. The van der Waals surface area contributed by atoms with Gasteiger partial charge in [-0.1, -0.05) is 45.8 Å². The number of halogens is 2. The van der Waals surface area contributed by atoms with E-state index in [2.05, 4.69) is 22.0 Å². The average molecular weight is 323 g/mol. The summed E-state index contributed by atoms with van der Waals surface area (Å²) in [6.07, 6.45) is 0. The molecular formula is C16H16BrFO. The highest BCUT2D eigenvalue weighted by Gasteiger charge is 2.17. The van der Waals surface area contributed by atoms with Gasteiger partial charge in [0.1, 0.15) is 11.6 Å². The summed E-state index contributed by atoms with van der Waals surface area (Å²) < 4.78 is 19.1. The molecule has 0 amide bonds. The van der Waals surface area contributed by atoms with Gasteiger partial charge in [-0.15, -0.1) is 0 Å². The third kappa shape index (κ3) is 2.98. The first kappa shape index (κ1) is 14.1. The van der Waals surface area contributed by atoms with Gasteiger partial charge < -0.3 is 4.74 Å². The Morgan fingerprint density at radius 2 is 1.74 bits per heavy atom. The van der Waals surface area contributed by atoms with Crippen LogP contribution in [-0.2, 0) is 0 Å². The molecule has 2 aromatic rings. The van der Waals surface area contributed by atoms with Crippen molar-refractivity contribution < 1.29 is 9.13 Å². The highest BCUT2D eigenvalue weighted by Crippen LogP contribution is 2.35. The lowest BCUT2D eigenvalue weighted by Gasteiger charge is -2.15. The molecule has 0 aliphatic carbocycles. The second-order valence-electron chi connectivity index (χ2n) is 4.61. The number of rotatable bonds is 3. The van der Waals surface area contributed by atoms with Crippen molar-refractivity contribution in [2.24, 2.45) is 0 Å². The summed E-state index contributed by atoms with van der Waals surface area (Å²) in [5, 5.41) is 0. The fraction of sp³-hybridized carbons (Fsp3) is 0.250. The molecule has 1 unspecified atom stereocenters. The Bertz CT molecular complexity index is 595. The van der Waals surface area contributed by atoms with Gasteiger partial charge >= 0.3 is 0 Å². The monoisotopic (exact) mass is 322 g/mol. The minimum absolute atomic E-state index is 0.154. The Morgan fingerprint density at radius 3 is 2.32 bits per heavy atom. The van der Waals surface area contributed by atoms with Gasteiger partial charge in [-0.2, -0.15) is 0 Å². The van der Waals surface area contributed by atoms with Crippen molar-refractivity contribution in [2.75, 3.05) is 7.11 Å². The maximum absolute atomic E-state index is 14.1. The van der Waals surface area contributed by atoms with E-state index >= 15 is 0 Å². The molecule has 0 aliphatic heterocycles. The van der Waals surface area contributed by atoms with Crippen LogP contribution in [-0.4, -0.2) is 7.11 Å². The summed E-state index contributed by atoms with van der Waals surface area (Å²) in [6.45, 7) is 4.09. The second kappa shape index (κ2) is 5.74. The number of methoxy groups -OCH3 is 1. The number of hydrogen-bond acceptors (Lipinski definition) is 1. The molecule has 3 heteroatoms. The molecule has 0 N–H and O–H groups in total. The predicted molar refractivity (Wildman–Crippen MR) is 79.6 cm³/mol. The van der Waals surface area contributed by atoms with E-state index in [1.807, 2.05) is 26.0 Å². The van der Waals surface area contributed by atoms with Crippen molar-refractivity contribution in [2.45, 2.75) is 18.7 Å². The van der Waals surface area contributed by atoms with Gasteiger partial charge in [0.05, 0.1) is 11.9 Å². The number of ether oxygens (including phenoxy) is 1. The Morgan fingerprint density at radius 1 is 1.05 bits per heavy atom. The van der Waals surface area contributed by atoms with Crippen LogP contribution >= 0.6 is 15.9 Å². The van der Waals surface area contributed by atoms with Crippen molar-refractivity contribution in [3.63, 3.8) is 0 Å². The van der Waals surface area contributed by atoms with Gasteiger partial charge in [-0.05, 0) is 31.0 Å². The summed E-state index contributed by atoms with van der Waals surface area (Å²) in [4.78, 5) is -0.154. The lowest BCUT2D eigenvalue weighted by Crippen LogP contribution is -2.00. The van der Waals surface area contributed by atoms with Crippen molar-refractivity contribution in [3.05, 3.63) is 64.5 Å². The lowest BCUT2D eigenvalue weighted by molar-refractivity contribution is 0.411. The van der Waals surface area contributed by atoms with Crippen LogP contribution in [0.3, 0.4) is 0 Å². The predicted octanol–water partition coefficient (Wildman–Crippen LogP) is 4.94. The smallest absolute Gasteiger partial charge is 0.131 e. The molecule has 0 saturated carbocycles. The summed E-state index contributed by atoms with van der Waals surface area (Å²) in [7, 11) is 1.53. The molecule has 0 fully saturated rings. The fourth-order valence-corrected chi connectivity index (χ4v) is 3.00. The molecule has 0 bridgehead atoms. The minimum Gasteiger partial charge on any atom is -0.497 e. The zero-order chi connectivity index (χ0) is 14.0. The molecule has 0 saturated heterocycles. The molecule has 0 radical (unpaired) electrons. The maximum Gasteiger partial charge on any atom is 0.131 e. The molecule has 0 heterocycles.